The van der Waals surface area contributed by atoms with Gasteiger partial charge in [-0.1, -0.05) is 6.92 Å². The summed E-state index contributed by atoms with van der Waals surface area (Å²) in [6, 6.07) is 3.63. The Kier molecular flexibility index (Phi) is 5.02. The van der Waals surface area contributed by atoms with Crippen LogP contribution in [0, 0.1) is 0 Å². The van der Waals surface area contributed by atoms with E-state index in [9.17, 15) is 4.79 Å². The minimum absolute atomic E-state index is 0.143. The van der Waals surface area contributed by atoms with Crippen molar-refractivity contribution in [3.05, 3.63) is 53.7 Å². The Balaban J connectivity index is 1.65. The molecule has 0 saturated carbocycles. The zero-order valence-electron chi connectivity index (χ0n) is 15.5. The van der Waals surface area contributed by atoms with Crippen molar-refractivity contribution < 1.29 is 4.79 Å². The maximum Gasteiger partial charge on any atom is 0.257 e. The Bertz CT molecular complexity index is 927. The molecule has 140 valence electrons. The molecule has 0 spiro atoms. The Labute approximate surface area is 158 Å². The van der Waals surface area contributed by atoms with Crippen LogP contribution in [0.3, 0.4) is 0 Å². The Morgan fingerprint density at radius 1 is 1.37 bits per heavy atom. The summed E-state index contributed by atoms with van der Waals surface area (Å²) in [6.45, 7) is 4.74. The molecule has 1 aliphatic rings. The highest BCUT2D eigenvalue weighted by Crippen LogP contribution is 2.34. The van der Waals surface area contributed by atoms with Gasteiger partial charge in [0.2, 0.25) is 0 Å². The molecule has 0 unspecified atom stereocenters. The van der Waals surface area contributed by atoms with Crippen LogP contribution >= 0.6 is 0 Å². The van der Waals surface area contributed by atoms with Crippen molar-refractivity contribution in [3.63, 3.8) is 0 Å². The van der Waals surface area contributed by atoms with Gasteiger partial charge in [-0.15, -0.1) is 0 Å². The molecule has 27 heavy (non-hydrogen) atoms. The number of hydrogen-bond acceptors (Lipinski definition) is 4. The van der Waals surface area contributed by atoms with Gasteiger partial charge in [0.05, 0.1) is 29.7 Å². The van der Waals surface area contributed by atoms with E-state index < -0.39 is 0 Å². The number of amides is 1. The van der Waals surface area contributed by atoms with Crippen LogP contribution in [0.5, 0.6) is 0 Å². The van der Waals surface area contributed by atoms with Crippen molar-refractivity contribution in [2.75, 3.05) is 18.4 Å². The van der Waals surface area contributed by atoms with Crippen molar-refractivity contribution in [1.29, 1.82) is 0 Å². The number of nitrogens with zero attached hydrogens (tertiary/aromatic N) is 3. The maximum absolute atomic E-state index is 12.9. The van der Waals surface area contributed by atoms with Crippen molar-refractivity contribution in [2.45, 2.75) is 32.7 Å². The molecule has 3 heterocycles. The van der Waals surface area contributed by atoms with Gasteiger partial charge in [-0.05, 0) is 43.5 Å². The lowest BCUT2D eigenvalue weighted by atomic mass is 10.0. The molecule has 3 aromatic heterocycles. The van der Waals surface area contributed by atoms with Crippen LogP contribution in [0.15, 0.2) is 36.9 Å². The minimum Gasteiger partial charge on any atom is -0.364 e. The van der Waals surface area contributed by atoms with Gasteiger partial charge in [0.15, 0.2) is 0 Å². The van der Waals surface area contributed by atoms with Crippen LogP contribution in [-0.2, 0) is 19.4 Å². The first kappa shape index (κ1) is 17.5. The quantitative estimate of drug-likeness (QED) is 0.587. The number of fused-ring (bicyclic) bond motifs is 3. The number of aromatic nitrogens is 4. The molecule has 0 saturated heterocycles. The van der Waals surface area contributed by atoms with Crippen LogP contribution in [0.2, 0.25) is 0 Å². The summed E-state index contributed by atoms with van der Waals surface area (Å²) in [5, 5.41) is 11.1. The predicted molar refractivity (Wildman–Crippen MR) is 105 cm³/mol. The maximum atomic E-state index is 12.9. The highest BCUT2D eigenvalue weighted by atomic mass is 16.1. The molecule has 0 fully saturated rings. The number of pyridine rings is 1. The number of rotatable bonds is 6. The molecule has 3 N–H and O–H groups in total. The van der Waals surface area contributed by atoms with E-state index in [2.05, 4.69) is 33.7 Å². The van der Waals surface area contributed by atoms with E-state index >= 15 is 0 Å². The van der Waals surface area contributed by atoms with Crippen LogP contribution in [0.25, 0.3) is 11.3 Å². The van der Waals surface area contributed by atoms with Gasteiger partial charge >= 0.3 is 0 Å². The van der Waals surface area contributed by atoms with Crippen LogP contribution < -0.4 is 10.6 Å². The summed E-state index contributed by atoms with van der Waals surface area (Å²) in [6.07, 6.45) is 10.2. The van der Waals surface area contributed by atoms with E-state index in [1.165, 1.54) is 5.56 Å². The Hall–Kier alpha value is -2.93. The van der Waals surface area contributed by atoms with E-state index in [1.807, 2.05) is 10.7 Å². The smallest absolute Gasteiger partial charge is 0.257 e. The fourth-order valence-corrected chi connectivity index (χ4v) is 3.54. The Morgan fingerprint density at radius 3 is 3.11 bits per heavy atom. The number of aryl methyl sites for hydroxylation is 2. The topological polar surface area (TPSA) is 87.6 Å². The number of H-pyrrole nitrogens is 1. The van der Waals surface area contributed by atoms with E-state index in [4.69, 9.17) is 5.10 Å². The summed E-state index contributed by atoms with van der Waals surface area (Å²) < 4.78 is 1.98. The zero-order chi connectivity index (χ0) is 18.6. The van der Waals surface area contributed by atoms with Gasteiger partial charge in [0.25, 0.3) is 5.91 Å². The van der Waals surface area contributed by atoms with Crippen molar-refractivity contribution in [2.24, 2.45) is 0 Å². The molecule has 0 aliphatic heterocycles. The third-order valence-electron chi connectivity index (χ3n) is 4.84. The fraction of sp³-hybridized carbons (Fsp3) is 0.350. The SMILES string of the molecule is CCNCCn1cc2c(n1)-c1c(C(=O)Nc3cccnc3)c[nH]c1CCC2. The summed E-state index contributed by atoms with van der Waals surface area (Å²) >= 11 is 0. The molecular formula is C20H24N6O. The first-order chi connectivity index (χ1) is 13.3. The van der Waals surface area contributed by atoms with E-state index in [0.29, 0.717) is 11.3 Å². The number of aromatic amines is 1. The molecule has 0 atom stereocenters. The molecule has 1 aliphatic carbocycles. The average molecular weight is 364 g/mol. The zero-order valence-corrected chi connectivity index (χ0v) is 15.5. The molecule has 0 bridgehead atoms. The third-order valence-corrected chi connectivity index (χ3v) is 4.84. The fourth-order valence-electron chi connectivity index (χ4n) is 3.54. The van der Waals surface area contributed by atoms with Gasteiger partial charge in [-0.3, -0.25) is 14.5 Å². The van der Waals surface area contributed by atoms with Gasteiger partial charge in [0.1, 0.15) is 0 Å². The number of likely N-dealkylation sites (N-methyl/N-ethyl adjacent to an activating group) is 1. The molecular weight excluding hydrogens is 340 g/mol. The normalized spacial score (nSPS) is 12.9. The monoisotopic (exact) mass is 364 g/mol. The van der Waals surface area contributed by atoms with Crippen molar-refractivity contribution >= 4 is 11.6 Å². The van der Waals surface area contributed by atoms with Crippen molar-refractivity contribution in [1.82, 2.24) is 25.1 Å². The second kappa shape index (κ2) is 7.75. The first-order valence-corrected chi connectivity index (χ1v) is 9.45. The standard InChI is InChI=1S/C20H24N6O/c1-2-21-9-10-26-13-14-5-3-7-17-18(19(14)25-26)16(12-23-17)20(27)24-15-6-4-8-22-11-15/h4,6,8,11-13,21,23H,2-3,5,7,9-10H2,1H3,(H,24,27). The number of hydrogen-bond donors (Lipinski definition) is 3. The number of nitrogens with one attached hydrogen (secondary N) is 3. The van der Waals surface area contributed by atoms with Crippen LogP contribution in [0.4, 0.5) is 5.69 Å². The molecule has 3 aromatic rings. The molecule has 1 amide bonds. The lowest BCUT2D eigenvalue weighted by Crippen LogP contribution is -2.19. The summed E-state index contributed by atoms with van der Waals surface area (Å²) in [4.78, 5) is 20.2. The van der Waals surface area contributed by atoms with Gasteiger partial charge in [-0.25, -0.2) is 0 Å². The van der Waals surface area contributed by atoms with E-state index in [0.717, 1.165) is 55.8 Å². The second-order valence-electron chi connectivity index (χ2n) is 6.72. The summed E-state index contributed by atoms with van der Waals surface area (Å²) in [5.74, 6) is -0.143. The number of carbonyl (C=O) groups excluding carboxylic acids is 1. The average Bonchev–Trinajstić information content (AvgIpc) is 3.23. The lowest BCUT2D eigenvalue weighted by molar-refractivity contribution is 0.102. The van der Waals surface area contributed by atoms with Gasteiger partial charge in [-0.2, -0.15) is 5.10 Å². The second-order valence-corrected chi connectivity index (χ2v) is 6.72. The van der Waals surface area contributed by atoms with E-state index in [-0.39, 0.29) is 5.91 Å². The first-order valence-electron chi connectivity index (χ1n) is 9.45. The minimum atomic E-state index is -0.143. The Morgan fingerprint density at radius 2 is 2.30 bits per heavy atom. The molecule has 7 nitrogen and oxygen atoms in total. The molecule has 0 aromatic carbocycles. The van der Waals surface area contributed by atoms with Gasteiger partial charge in [0, 0.05) is 36.4 Å². The lowest BCUT2D eigenvalue weighted by Gasteiger charge is -2.06. The number of carbonyl (C=O) groups is 1. The van der Waals surface area contributed by atoms with Crippen LogP contribution in [-0.4, -0.2) is 38.7 Å². The summed E-state index contributed by atoms with van der Waals surface area (Å²) in [5.41, 5.74) is 5.47. The highest BCUT2D eigenvalue weighted by Gasteiger charge is 2.25. The van der Waals surface area contributed by atoms with E-state index in [1.54, 1.807) is 24.7 Å². The molecule has 4 rings (SSSR count). The highest BCUT2D eigenvalue weighted by molar-refractivity contribution is 6.09. The molecule has 7 heteroatoms. The number of anilines is 1. The predicted octanol–water partition coefficient (Wildman–Crippen LogP) is 2.62. The van der Waals surface area contributed by atoms with Gasteiger partial charge < -0.3 is 15.6 Å². The third kappa shape index (κ3) is 3.64. The van der Waals surface area contributed by atoms with Crippen LogP contribution in [0.1, 0.15) is 35.0 Å². The largest absolute Gasteiger partial charge is 0.364 e. The summed E-state index contributed by atoms with van der Waals surface area (Å²) in [7, 11) is 0. The molecule has 0 radical (unpaired) electrons. The van der Waals surface area contributed by atoms with Crippen molar-refractivity contribution in [3.8, 4) is 11.3 Å².